The van der Waals surface area contributed by atoms with E-state index in [9.17, 15) is 4.79 Å². The van der Waals surface area contributed by atoms with Gasteiger partial charge < -0.3 is 14.8 Å². The van der Waals surface area contributed by atoms with Gasteiger partial charge in [-0.3, -0.25) is 4.79 Å². The van der Waals surface area contributed by atoms with Gasteiger partial charge in [-0.05, 0) is 72.8 Å². The summed E-state index contributed by atoms with van der Waals surface area (Å²) in [5, 5.41) is 19.3. The van der Waals surface area contributed by atoms with E-state index in [4.69, 9.17) is 14.5 Å². The van der Waals surface area contributed by atoms with Crippen molar-refractivity contribution >= 4 is 22.6 Å². The van der Waals surface area contributed by atoms with Gasteiger partial charge in [-0.25, -0.2) is 14.3 Å². The highest BCUT2D eigenvalue weighted by molar-refractivity contribution is 6.12. The molecule has 1 amide bonds. The zero-order chi connectivity index (χ0) is 24.6. The summed E-state index contributed by atoms with van der Waals surface area (Å²) in [4.78, 5) is 18.3. The minimum atomic E-state index is -0.264. The number of carbonyl (C=O) groups is 1. The summed E-state index contributed by atoms with van der Waals surface area (Å²) in [6.07, 6.45) is 3.19. The highest BCUT2D eigenvalue weighted by Crippen LogP contribution is 2.35. The maximum Gasteiger partial charge on any atom is 0.256 e. The quantitative estimate of drug-likeness (QED) is 0.403. The van der Waals surface area contributed by atoms with Crippen molar-refractivity contribution < 1.29 is 14.3 Å². The molecule has 1 N–H and O–H groups in total. The number of carbonyl (C=O) groups excluding carboxylic acids is 1. The van der Waals surface area contributed by atoms with Crippen LogP contribution in [0.25, 0.3) is 28.0 Å². The van der Waals surface area contributed by atoms with Crippen molar-refractivity contribution in [3.8, 4) is 28.4 Å². The number of nitrogens with zero attached hydrogens (tertiary/aromatic N) is 7. The number of nitrogens with one attached hydrogen (secondary N) is 1. The van der Waals surface area contributed by atoms with Crippen LogP contribution in [0.3, 0.4) is 0 Å². The number of amides is 1. The number of pyridine rings is 1. The van der Waals surface area contributed by atoms with Crippen LogP contribution >= 0.6 is 0 Å². The van der Waals surface area contributed by atoms with Crippen LogP contribution in [-0.2, 0) is 0 Å². The SMILES string of the molecule is CC(C)n1ncc2c(C(=O)Nc3ccc(-n4cnnn4)cc3)cc(-c3ccc4c(c3)OCCO4)nc21. The molecule has 0 spiro atoms. The predicted octanol–water partition coefficient (Wildman–Crippen LogP) is 3.68. The summed E-state index contributed by atoms with van der Waals surface area (Å²) >= 11 is 0. The molecule has 6 rings (SSSR count). The van der Waals surface area contributed by atoms with Crippen LogP contribution in [-0.4, -0.2) is 54.1 Å². The Morgan fingerprint density at radius 1 is 1.03 bits per heavy atom. The lowest BCUT2D eigenvalue weighted by Crippen LogP contribution is -2.15. The van der Waals surface area contributed by atoms with Gasteiger partial charge in [0.15, 0.2) is 17.1 Å². The minimum absolute atomic E-state index is 0.0697. The van der Waals surface area contributed by atoms with Crippen molar-refractivity contribution in [2.24, 2.45) is 0 Å². The summed E-state index contributed by atoms with van der Waals surface area (Å²) in [6.45, 7) is 5.06. The first-order valence-electron chi connectivity index (χ1n) is 11.5. The summed E-state index contributed by atoms with van der Waals surface area (Å²) in [7, 11) is 0. The van der Waals surface area contributed by atoms with E-state index in [1.165, 1.54) is 11.0 Å². The lowest BCUT2D eigenvalue weighted by atomic mass is 10.1. The van der Waals surface area contributed by atoms with Gasteiger partial charge in [0, 0.05) is 17.3 Å². The van der Waals surface area contributed by atoms with Crippen LogP contribution in [0.4, 0.5) is 5.69 Å². The number of aromatic nitrogens is 7. The van der Waals surface area contributed by atoms with Gasteiger partial charge in [0.05, 0.1) is 28.5 Å². The lowest BCUT2D eigenvalue weighted by molar-refractivity contribution is 0.102. The molecule has 1 aliphatic heterocycles. The summed E-state index contributed by atoms with van der Waals surface area (Å²) < 4.78 is 14.8. The van der Waals surface area contributed by atoms with Crippen LogP contribution in [0, 0.1) is 0 Å². The Balaban J connectivity index is 1.38. The molecule has 36 heavy (non-hydrogen) atoms. The second-order valence-corrected chi connectivity index (χ2v) is 8.59. The van der Waals surface area contributed by atoms with Gasteiger partial charge in [-0.15, -0.1) is 5.10 Å². The zero-order valence-electron chi connectivity index (χ0n) is 19.6. The zero-order valence-corrected chi connectivity index (χ0v) is 19.6. The Morgan fingerprint density at radius 3 is 2.58 bits per heavy atom. The van der Waals surface area contributed by atoms with Gasteiger partial charge in [0.25, 0.3) is 5.91 Å². The molecule has 0 unspecified atom stereocenters. The van der Waals surface area contributed by atoms with Crippen LogP contribution in [0.5, 0.6) is 11.5 Å². The molecule has 0 fully saturated rings. The normalized spacial score (nSPS) is 12.8. The van der Waals surface area contributed by atoms with Crippen molar-refractivity contribution in [1.29, 1.82) is 0 Å². The predicted molar refractivity (Wildman–Crippen MR) is 131 cm³/mol. The van der Waals surface area contributed by atoms with E-state index < -0.39 is 0 Å². The fourth-order valence-electron chi connectivity index (χ4n) is 4.11. The van der Waals surface area contributed by atoms with E-state index in [2.05, 4.69) is 25.9 Å². The second kappa shape index (κ2) is 8.77. The largest absolute Gasteiger partial charge is 0.486 e. The smallest absolute Gasteiger partial charge is 0.256 e. The van der Waals surface area contributed by atoms with E-state index in [1.807, 2.05) is 48.9 Å². The van der Waals surface area contributed by atoms with Gasteiger partial charge in [0.2, 0.25) is 0 Å². The van der Waals surface area contributed by atoms with Crippen LogP contribution in [0.15, 0.2) is 61.1 Å². The van der Waals surface area contributed by atoms with Crippen molar-refractivity contribution in [2.45, 2.75) is 19.9 Å². The fraction of sp³-hybridized carbons (Fsp3) is 0.200. The molecule has 2 aromatic carbocycles. The molecule has 11 heteroatoms. The van der Waals surface area contributed by atoms with Crippen molar-refractivity contribution in [3.05, 3.63) is 66.6 Å². The highest BCUT2D eigenvalue weighted by atomic mass is 16.6. The lowest BCUT2D eigenvalue weighted by Gasteiger charge is -2.19. The van der Waals surface area contributed by atoms with Crippen molar-refractivity contribution in [2.75, 3.05) is 18.5 Å². The summed E-state index contributed by atoms with van der Waals surface area (Å²) in [5.74, 6) is 1.09. The number of anilines is 1. The second-order valence-electron chi connectivity index (χ2n) is 8.59. The summed E-state index contributed by atoms with van der Waals surface area (Å²) in [6, 6.07) is 14.8. The van der Waals surface area contributed by atoms with Crippen LogP contribution < -0.4 is 14.8 Å². The van der Waals surface area contributed by atoms with Crippen LogP contribution in [0.1, 0.15) is 30.2 Å². The number of tetrazole rings is 1. The molecule has 0 aliphatic carbocycles. The van der Waals surface area contributed by atoms with Crippen molar-refractivity contribution in [3.63, 3.8) is 0 Å². The standard InChI is InChI=1S/C25H22N8O3/c1-15(2)33-24-20(13-27-33)19(12-21(29-24)16-3-8-22-23(11-16)36-10-9-35-22)25(34)28-17-4-6-18(7-5-17)32-14-26-30-31-32/h3-8,11-15H,9-10H2,1-2H3,(H,28,34). The van der Waals surface area contributed by atoms with E-state index in [0.717, 1.165) is 11.3 Å². The Hall–Kier alpha value is -4.80. The third-order valence-corrected chi connectivity index (χ3v) is 5.88. The van der Waals surface area contributed by atoms with Gasteiger partial charge in [-0.1, -0.05) is 0 Å². The molecule has 180 valence electrons. The molecule has 0 atom stereocenters. The number of fused-ring (bicyclic) bond motifs is 2. The molecule has 4 heterocycles. The van der Waals surface area contributed by atoms with Crippen LogP contribution in [0.2, 0.25) is 0 Å². The van der Waals surface area contributed by atoms with Gasteiger partial charge in [-0.2, -0.15) is 5.10 Å². The van der Waals surface area contributed by atoms with Gasteiger partial charge in [0.1, 0.15) is 19.5 Å². The van der Waals surface area contributed by atoms with Gasteiger partial charge >= 0.3 is 0 Å². The Kier molecular flexibility index (Phi) is 5.29. The average molecular weight is 483 g/mol. The first-order chi connectivity index (χ1) is 17.6. The molecule has 1 aliphatic rings. The molecule has 0 saturated carbocycles. The van der Waals surface area contributed by atoms with E-state index in [0.29, 0.717) is 52.7 Å². The molecule has 0 radical (unpaired) electrons. The van der Waals surface area contributed by atoms with E-state index in [1.54, 1.807) is 24.4 Å². The number of rotatable bonds is 5. The fourth-order valence-corrected chi connectivity index (χ4v) is 4.11. The van der Waals surface area contributed by atoms with E-state index in [-0.39, 0.29) is 11.9 Å². The minimum Gasteiger partial charge on any atom is -0.486 e. The molecule has 11 nitrogen and oxygen atoms in total. The maximum atomic E-state index is 13.5. The molecule has 0 bridgehead atoms. The first-order valence-corrected chi connectivity index (χ1v) is 11.5. The molecule has 5 aromatic rings. The molecule has 0 saturated heterocycles. The number of hydrogen-bond acceptors (Lipinski definition) is 8. The monoisotopic (exact) mass is 482 g/mol. The molecule has 3 aromatic heterocycles. The molecular weight excluding hydrogens is 460 g/mol. The summed E-state index contributed by atoms with van der Waals surface area (Å²) in [5.41, 5.74) is 3.98. The maximum absolute atomic E-state index is 13.5. The first kappa shape index (κ1) is 21.7. The Labute approximate surface area is 205 Å². The third-order valence-electron chi connectivity index (χ3n) is 5.88. The third kappa shape index (κ3) is 3.90. The number of hydrogen-bond donors (Lipinski definition) is 1. The van der Waals surface area contributed by atoms with E-state index >= 15 is 0 Å². The average Bonchev–Trinajstić information content (AvgIpc) is 3.59. The Morgan fingerprint density at radius 2 is 1.83 bits per heavy atom. The van der Waals surface area contributed by atoms with Crippen molar-refractivity contribution in [1.82, 2.24) is 35.0 Å². The molecular formula is C25H22N8O3. The number of benzene rings is 2. The highest BCUT2D eigenvalue weighted by Gasteiger charge is 2.20. The number of ether oxygens (including phenoxy) is 2. The Bertz CT molecular complexity index is 1560. The topological polar surface area (TPSA) is 122 Å².